The molecule has 0 aliphatic rings. The molecule has 0 saturated carbocycles. The zero-order valence-corrected chi connectivity index (χ0v) is 18.4. The number of aryl methyl sites for hydroxylation is 1. The lowest BCUT2D eigenvalue weighted by molar-refractivity contribution is -0.384. The maximum Gasteiger partial charge on any atom is 0.270 e. The Morgan fingerprint density at radius 3 is 2.44 bits per heavy atom. The van der Waals surface area contributed by atoms with E-state index in [9.17, 15) is 19.7 Å². The smallest absolute Gasteiger partial charge is 0.270 e. The number of hydrogen-bond acceptors (Lipinski definition) is 7. The molecule has 0 spiro atoms. The second kappa shape index (κ2) is 9.46. The minimum atomic E-state index is -0.615. The van der Waals surface area contributed by atoms with Crippen molar-refractivity contribution in [2.24, 2.45) is 0 Å². The number of non-ortho nitro benzene ring substituents is 1. The van der Waals surface area contributed by atoms with E-state index in [2.05, 4.69) is 26.2 Å². The van der Waals surface area contributed by atoms with Crippen LogP contribution in [0.1, 0.15) is 26.5 Å². The second-order valence-corrected chi connectivity index (χ2v) is 7.47. The summed E-state index contributed by atoms with van der Waals surface area (Å²) >= 11 is 6.05. The molecule has 3 aromatic carbocycles. The molecule has 0 aliphatic heterocycles. The minimum Gasteiger partial charge on any atom is -0.322 e. The van der Waals surface area contributed by atoms with Crippen LogP contribution in [0.5, 0.6) is 0 Å². The van der Waals surface area contributed by atoms with Gasteiger partial charge in [-0.25, -0.2) is 0 Å². The lowest BCUT2D eigenvalue weighted by atomic mass is 10.1. The zero-order valence-electron chi connectivity index (χ0n) is 17.6. The van der Waals surface area contributed by atoms with Gasteiger partial charge in [0.1, 0.15) is 0 Å². The highest BCUT2D eigenvalue weighted by molar-refractivity contribution is 6.34. The summed E-state index contributed by atoms with van der Waals surface area (Å²) in [6, 6.07) is 16.9. The Morgan fingerprint density at radius 1 is 0.971 bits per heavy atom. The monoisotopic (exact) mass is 477 g/mol. The van der Waals surface area contributed by atoms with Crippen LogP contribution in [0.2, 0.25) is 5.02 Å². The molecule has 1 heterocycles. The summed E-state index contributed by atoms with van der Waals surface area (Å²) in [6.45, 7) is 1.75. The van der Waals surface area contributed by atoms with Crippen molar-refractivity contribution in [3.05, 3.63) is 98.8 Å². The lowest BCUT2D eigenvalue weighted by Crippen LogP contribution is -2.18. The molecule has 12 heteroatoms. The third kappa shape index (κ3) is 4.74. The summed E-state index contributed by atoms with van der Waals surface area (Å²) < 4.78 is 1.53. The van der Waals surface area contributed by atoms with E-state index >= 15 is 0 Å². The number of carbonyl (C=O) groups excluding carboxylic acids is 2. The highest BCUT2D eigenvalue weighted by Gasteiger charge is 2.18. The first-order chi connectivity index (χ1) is 16.3. The van der Waals surface area contributed by atoms with Crippen LogP contribution < -0.4 is 10.6 Å². The molecule has 0 unspecified atom stereocenters. The molecule has 1 aromatic heterocycles. The number of anilines is 2. The Bertz CT molecular complexity index is 1420. The van der Waals surface area contributed by atoms with Gasteiger partial charge in [-0.15, -0.1) is 5.10 Å². The van der Waals surface area contributed by atoms with Gasteiger partial charge < -0.3 is 10.6 Å². The number of nitro groups is 1. The van der Waals surface area contributed by atoms with Crippen LogP contribution in [0.4, 0.5) is 17.1 Å². The maximum absolute atomic E-state index is 13.0. The average molecular weight is 478 g/mol. The fourth-order valence-corrected chi connectivity index (χ4v) is 3.43. The van der Waals surface area contributed by atoms with Crippen molar-refractivity contribution in [1.82, 2.24) is 20.2 Å². The van der Waals surface area contributed by atoms with Crippen LogP contribution in [-0.4, -0.2) is 36.9 Å². The van der Waals surface area contributed by atoms with E-state index in [1.54, 1.807) is 55.5 Å². The summed E-state index contributed by atoms with van der Waals surface area (Å²) in [5.74, 6) is -0.492. The van der Waals surface area contributed by atoms with E-state index in [1.807, 2.05) is 0 Å². The van der Waals surface area contributed by atoms with Gasteiger partial charge in [0, 0.05) is 17.8 Å². The molecular weight excluding hydrogens is 462 g/mol. The number of hydrogen-bond donors (Lipinski definition) is 2. The number of benzene rings is 3. The predicted octanol–water partition coefficient (Wildman–Crippen LogP) is 4.04. The fourth-order valence-electron chi connectivity index (χ4n) is 3.17. The Hall–Kier alpha value is -4.64. The number of nitro benzene ring substituents is 1. The van der Waals surface area contributed by atoms with Crippen LogP contribution >= 0.6 is 11.6 Å². The quantitative estimate of drug-likeness (QED) is 0.315. The van der Waals surface area contributed by atoms with Crippen molar-refractivity contribution in [2.75, 3.05) is 10.6 Å². The van der Waals surface area contributed by atoms with Crippen molar-refractivity contribution < 1.29 is 14.5 Å². The van der Waals surface area contributed by atoms with E-state index in [4.69, 9.17) is 11.6 Å². The lowest BCUT2D eigenvalue weighted by Gasteiger charge is -2.13. The Kier molecular flexibility index (Phi) is 6.28. The van der Waals surface area contributed by atoms with Crippen LogP contribution in [0.15, 0.2) is 66.7 Å². The number of para-hydroxylation sites is 1. The number of rotatable bonds is 6. The molecule has 2 N–H and O–H groups in total. The van der Waals surface area contributed by atoms with Crippen molar-refractivity contribution in [1.29, 1.82) is 0 Å². The van der Waals surface area contributed by atoms with Gasteiger partial charge in [-0.2, -0.15) is 4.68 Å². The third-order valence-electron chi connectivity index (χ3n) is 4.80. The second-order valence-electron chi connectivity index (χ2n) is 7.06. The molecule has 170 valence electrons. The first-order valence-corrected chi connectivity index (χ1v) is 10.2. The number of aromatic nitrogens is 4. The molecule has 4 rings (SSSR count). The van der Waals surface area contributed by atoms with Gasteiger partial charge in [-0.3, -0.25) is 19.7 Å². The third-order valence-corrected chi connectivity index (χ3v) is 5.11. The molecule has 0 fully saturated rings. The number of halogens is 1. The molecular formula is C22H16ClN7O4. The van der Waals surface area contributed by atoms with E-state index in [0.29, 0.717) is 17.2 Å². The molecule has 0 aliphatic carbocycles. The largest absolute Gasteiger partial charge is 0.322 e. The highest BCUT2D eigenvalue weighted by Crippen LogP contribution is 2.25. The van der Waals surface area contributed by atoms with Crippen molar-refractivity contribution in [3.63, 3.8) is 0 Å². The number of nitrogens with zero attached hydrogens (tertiary/aromatic N) is 5. The van der Waals surface area contributed by atoms with Crippen molar-refractivity contribution in [2.45, 2.75) is 6.92 Å². The molecule has 0 atom stereocenters. The highest BCUT2D eigenvalue weighted by atomic mass is 35.5. The first kappa shape index (κ1) is 22.6. The zero-order chi connectivity index (χ0) is 24.2. The minimum absolute atomic E-state index is 0.0343. The van der Waals surface area contributed by atoms with Gasteiger partial charge >= 0.3 is 0 Å². The number of tetrazole rings is 1. The van der Waals surface area contributed by atoms with E-state index in [-0.39, 0.29) is 27.5 Å². The first-order valence-electron chi connectivity index (χ1n) is 9.84. The SMILES string of the molecule is Cc1nnnn1-c1cccc(NC(=O)c2ccccc2NC(=O)c2ccc([N+](=O)[O-])cc2Cl)c1. The van der Waals surface area contributed by atoms with E-state index < -0.39 is 16.7 Å². The van der Waals surface area contributed by atoms with E-state index in [0.717, 1.165) is 6.07 Å². The average Bonchev–Trinajstić information content (AvgIpc) is 3.25. The number of nitrogens with one attached hydrogen (secondary N) is 2. The predicted molar refractivity (Wildman–Crippen MR) is 124 cm³/mol. The molecule has 11 nitrogen and oxygen atoms in total. The topological polar surface area (TPSA) is 145 Å². The molecule has 34 heavy (non-hydrogen) atoms. The van der Waals surface area contributed by atoms with Crippen LogP contribution in [0.25, 0.3) is 5.69 Å². The normalized spacial score (nSPS) is 10.5. The van der Waals surface area contributed by atoms with Crippen LogP contribution in [0.3, 0.4) is 0 Å². The summed E-state index contributed by atoms with van der Waals surface area (Å²) in [4.78, 5) is 36.0. The number of amides is 2. The molecule has 4 aromatic rings. The van der Waals surface area contributed by atoms with Gasteiger partial charge in [0.2, 0.25) is 0 Å². The Labute approximate surface area is 197 Å². The van der Waals surface area contributed by atoms with Crippen LogP contribution in [-0.2, 0) is 0 Å². The van der Waals surface area contributed by atoms with Gasteiger partial charge in [-0.1, -0.05) is 29.8 Å². The van der Waals surface area contributed by atoms with Crippen LogP contribution in [0, 0.1) is 17.0 Å². The van der Waals surface area contributed by atoms with Crippen molar-refractivity contribution >= 4 is 40.5 Å². The summed E-state index contributed by atoms with van der Waals surface area (Å²) in [7, 11) is 0. The summed E-state index contributed by atoms with van der Waals surface area (Å²) in [5.41, 5.74) is 1.41. The molecule has 0 saturated heterocycles. The molecule has 2 amide bonds. The van der Waals surface area contributed by atoms with Gasteiger partial charge in [0.05, 0.1) is 32.4 Å². The molecule has 0 radical (unpaired) electrons. The standard InChI is InChI=1S/C22H16ClN7O4/c1-13-26-27-28-29(13)15-6-4-5-14(11-15)24-22(32)18-7-2-3-8-20(18)25-21(31)17-10-9-16(30(33)34)12-19(17)23/h2-12H,1H3,(H,24,32)(H,25,31). The maximum atomic E-state index is 13.0. The van der Waals surface area contributed by atoms with Gasteiger partial charge in [0.15, 0.2) is 5.82 Å². The summed E-state index contributed by atoms with van der Waals surface area (Å²) in [5, 5.41) is 27.6. The summed E-state index contributed by atoms with van der Waals surface area (Å²) in [6.07, 6.45) is 0. The van der Waals surface area contributed by atoms with Crippen molar-refractivity contribution in [3.8, 4) is 5.69 Å². The Balaban J connectivity index is 1.55. The fraction of sp³-hybridized carbons (Fsp3) is 0.0455. The Morgan fingerprint density at radius 2 is 1.74 bits per heavy atom. The number of carbonyl (C=O) groups is 2. The van der Waals surface area contributed by atoms with Gasteiger partial charge in [-0.05, 0) is 53.7 Å². The molecule has 0 bridgehead atoms. The van der Waals surface area contributed by atoms with E-state index in [1.165, 1.54) is 16.8 Å². The van der Waals surface area contributed by atoms with Gasteiger partial charge in [0.25, 0.3) is 17.5 Å².